The number of carbonyl (C=O) groups is 1. The summed E-state index contributed by atoms with van der Waals surface area (Å²) >= 11 is 6.02. The summed E-state index contributed by atoms with van der Waals surface area (Å²) in [7, 11) is 1.69. The second-order valence-corrected chi connectivity index (χ2v) is 10.5. The highest BCUT2D eigenvalue weighted by molar-refractivity contribution is 6.29. The van der Waals surface area contributed by atoms with E-state index in [0.717, 1.165) is 55.9 Å². The monoisotopic (exact) mass is 535 g/mol. The van der Waals surface area contributed by atoms with Crippen LogP contribution in [-0.2, 0) is 6.54 Å². The number of hydrogen-bond donors (Lipinski definition) is 1. The average Bonchev–Trinajstić information content (AvgIpc) is 2.92. The first-order valence-electron chi connectivity index (χ1n) is 13.3. The maximum Gasteiger partial charge on any atom is 0.253 e. The van der Waals surface area contributed by atoms with Gasteiger partial charge < -0.3 is 19.9 Å². The number of likely N-dealkylation sites (tertiary alicyclic amines) is 1. The first-order chi connectivity index (χ1) is 18.4. The number of hydrogen-bond acceptors (Lipinski definition) is 6. The smallest absolute Gasteiger partial charge is 0.253 e. The van der Waals surface area contributed by atoms with E-state index in [0.29, 0.717) is 35.0 Å². The van der Waals surface area contributed by atoms with Crippen LogP contribution in [0.3, 0.4) is 0 Å². The van der Waals surface area contributed by atoms with Gasteiger partial charge >= 0.3 is 0 Å². The Morgan fingerprint density at radius 1 is 1.21 bits per heavy atom. The molecule has 0 unspecified atom stereocenters. The van der Waals surface area contributed by atoms with E-state index in [9.17, 15) is 4.79 Å². The zero-order chi connectivity index (χ0) is 27.1. The molecular formula is C30H38ClN5O2. The largest absolute Gasteiger partial charge is 0.497 e. The number of rotatable bonds is 10. The summed E-state index contributed by atoms with van der Waals surface area (Å²) in [5.74, 6) is 0.788. The number of aryl methyl sites for hydroxylation is 2. The number of ether oxygens (including phenoxy) is 1. The molecule has 38 heavy (non-hydrogen) atoms. The van der Waals surface area contributed by atoms with E-state index in [1.54, 1.807) is 13.2 Å². The topological polar surface area (TPSA) is 70.6 Å². The minimum absolute atomic E-state index is 0.0827. The summed E-state index contributed by atoms with van der Waals surface area (Å²) in [6.07, 6.45) is 6.84. The fraction of sp³-hybridized carbons (Fsp3) is 0.433. The predicted molar refractivity (Wildman–Crippen MR) is 153 cm³/mol. The molecule has 0 spiro atoms. The van der Waals surface area contributed by atoms with Crippen LogP contribution in [0.15, 0.2) is 54.9 Å². The molecule has 7 nitrogen and oxygen atoms in total. The Morgan fingerprint density at radius 2 is 1.95 bits per heavy atom. The van der Waals surface area contributed by atoms with Gasteiger partial charge in [-0.15, -0.1) is 0 Å². The molecule has 1 saturated heterocycles. The summed E-state index contributed by atoms with van der Waals surface area (Å²) in [6, 6.07) is 15.0. The molecule has 0 aliphatic carbocycles. The lowest BCUT2D eigenvalue weighted by molar-refractivity contribution is 0.0943. The van der Waals surface area contributed by atoms with Crippen molar-refractivity contribution in [3.8, 4) is 5.75 Å². The van der Waals surface area contributed by atoms with Gasteiger partial charge in [0.25, 0.3) is 5.91 Å². The van der Waals surface area contributed by atoms with Gasteiger partial charge in [0.05, 0.1) is 30.3 Å². The first kappa shape index (κ1) is 27.9. The summed E-state index contributed by atoms with van der Waals surface area (Å²) in [6.45, 7) is 9.48. The Bertz CT molecular complexity index is 1170. The molecule has 1 aliphatic heterocycles. The number of amides is 1. The van der Waals surface area contributed by atoms with Gasteiger partial charge in [-0.1, -0.05) is 23.7 Å². The molecule has 202 valence electrons. The van der Waals surface area contributed by atoms with Crippen molar-refractivity contribution in [2.45, 2.75) is 58.7 Å². The average molecular weight is 536 g/mol. The van der Waals surface area contributed by atoms with E-state index in [1.165, 1.54) is 5.56 Å². The molecule has 1 aliphatic rings. The number of nitrogens with zero attached hydrogens (tertiary/aromatic N) is 4. The van der Waals surface area contributed by atoms with Gasteiger partial charge in [-0.2, -0.15) is 0 Å². The van der Waals surface area contributed by atoms with E-state index in [1.807, 2.05) is 44.4 Å². The molecule has 4 rings (SSSR count). The summed E-state index contributed by atoms with van der Waals surface area (Å²) < 4.78 is 5.33. The van der Waals surface area contributed by atoms with E-state index in [2.05, 4.69) is 50.2 Å². The number of halogens is 1. The second kappa shape index (κ2) is 13.1. The third-order valence-corrected chi connectivity index (χ3v) is 7.69. The van der Waals surface area contributed by atoms with Crippen LogP contribution < -0.4 is 15.0 Å². The zero-order valence-corrected chi connectivity index (χ0v) is 23.5. The highest BCUT2D eigenvalue weighted by Crippen LogP contribution is 2.27. The molecule has 2 aromatic heterocycles. The third kappa shape index (κ3) is 7.03. The number of pyridine rings is 2. The quantitative estimate of drug-likeness (QED) is 0.349. The number of anilines is 1. The Balaban J connectivity index is 1.31. The third-order valence-electron chi connectivity index (χ3n) is 7.49. The van der Waals surface area contributed by atoms with E-state index < -0.39 is 0 Å². The lowest BCUT2D eigenvalue weighted by Crippen LogP contribution is -2.48. The Kier molecular flexibility index (Phi) is 9.58. The van der Waals surface area contributed by atoms with Crippen molar-refractivity contribution in [1.29, 1.82) is 0 Å². The number of piperidine rings is 1. The number of nitrogens with one attached hydrogen (secondary N) is 1. The maximum absolute atomic E-state index is 12.8. The molecule has 1 fully saturated rings. The van der Waals surface area contributed by atoms with Crippen LogP contribution in [0.5, 0.6) is 5.75 Å². The van der Waals surface area contributed by atoms with Gasteiger partial charge in [-0.05, 0) is 81.5 Å². The van der Waals surface area contributed by atoms with Crippen LogP contribution in [0.25, 0.3) is 0 Å². The fourth-order valence-electron chi connectivity index (χ4n) is 5.31. The molecular weight excluding hydrogens is 498 g/mol. The maximum atomic E-state index is 12.8. The van der Waals surface area contributed by atoms with E-state index >= 15 is 0 Å². The van der Waals surface area contributed by atoms with Gasteiger partial charge in [-0.25, -0.2) is 4.98 Å². The van der Waals surface area contributed by atoms with E-state index in [4.69, 9.17) is 16.3 Å². The molecule has 3 aromatic rings. The van der Waals surface area contributed by atoms with Crippen LogP contribution in [0.4, 0.5) is 5.69 Å². The number of benzene rings is 1. The molecule has 0 radical (unpaired) electrons. The van der Waals surface area contributed by atoms with Crippen molar-refractivity contribution in [1.82, 2.24) is 20.2 Å². The lowest BCUT2D eigenvalue weighted by atomic mass is 9.99. The van der Waals surface area contributed by atoms with Crippen molar-refractivity contribution >= 4 is 23.2 Å². The SMILES string of the molecule is COc1ccc(CN(c2cccnc2)C2CCN([C@H](C)CCNC(=O)c3c(C)cc(Cl)nc3C)CC2)cc1. The minimum Gasteiger partial charge on any atom is -0.497 e. The van der Waals surface area contributed by atoms with Crippen LogP contribution in [0, 0.1) is 13.8 Å². The molecule has 1 atom stereocenters. The van der Waals surface area contributed by atoms with Crippen LogP contribution in [0.1, 0.15) is 53.4 Å². The molecule has 0 bridgehead atoms. The lowest BCUT2D eigenvalue weighted by Gasteiger charge is -2.41. The zero-order valence-electron chi connectivity index (χ0n) is 22.8. The van der Waals surface area contributed by atoms with Crippen molar-refractivity contribution in [2.75, 3.05) is 31.6 Å². The molecule has 0 saturated carbocycles. The van der Waals surface area contributed by atoms with Crippen LogP contribution in [-0.4, -0.2) is 59.6 Å². The Labute approximate surface area is 231 Å². The summed E-state index contributed by atoms with van der Waals surface area (Å²) in [5.41, 5.74) is 4.54. The van der Waals surface area contributed by atoms with Gasteiger partial charge in [0.2, 0.25) is 0 Å². The van der Waals surface area contributed by atoms with E-state index in [-0.39, 0.29) is 5.91 Å². The molecule has 1 N–H and O–H groups in total. The molecule has 3 heterocycles. The number of aromatic nitrogens is 2. The Morgan fingerprint density at radius 3 is 2.58 bits per heavy atom. The molecule has 8 heteroatoms. The van der Waals surface area contributed by atoms with Crippen molar-refractivity contribution in [2.24, 2.45) is 0 Å². The molecule has 1 aromatic carbocycles. The minimum atomic E-state index is -0.0827. The standard InChI is InChI=1S/C30H38ClN5O2/c1-21-18-28(31)34-23(3)29(21)30(37)33-15-11-22(2)35-16-12-25(13-17-35)36(26-6-5-14-32-19-26)20-24-7-9-27(38-4)10-8-24/h5-10,14,18-19,22,25H,11-13,15-17,20H2,1-4H3,(H,33,37)/t22-/m1/s1. The normalized spacial score (nSPS) is 15.2. The van der Waals surface area contributed by atoms with Crippen molar-refractivity contribution in [3.63, 3.8) is 0 Å². The predicted octanol–water partition coefficient (Wildman–Crippen LogP) is 5.44. The van der Waals surface area contributed by atoms with Crippen LogP contribution in [0.2, 0.25) is 5.15 Å². The van der Waals surface area contributed by atoms with Crippen molar-refractivity contribution in [3.05, 3.63) is 82.4 Å². The highest BCUT2D eigenvalue weighted by Gasteiger charge is 2.27. The van der Waals surface area contributed by atoms with Gasteiger partial charge in [-0.3, -0.25) is 9.78 Å². The fourth-order valence-corrected chi connectivity index (χ4v) is 5.60. The number of methoxy groups -OCH3 is 1. The Hall–Kier alpha value is -3.16. The highest BCUT2D eigenvalue weighted by atomic mass is 35.5. The van der Waals surface area contributed by atoms with Crippen LogP contribution >= 0.6 is 11.6 Å². The second-order valence-electron chi connectivity index (χ2n) is 10.1. The summed E-state index contributed by atoms with van der Waals surface area (Å²) in [5, 5.41) is 3.50. The molecule has 1 amide bonds. The van der Waals surface area contributed by atoms with Gasteiger partial charge in [0.1, 0.15) is 10.9 Å². The first-order valence-corrected chi connectivity index (χ1v) is 13.7. The van der Waals surface area contributed by atoms with Gasteiger partial charge in [0, 0.05) is 44.5 Å². The number of carbonyl (C=O) groups excluding carboxylic acids is 1. The van der Waals surface area contributed by atoms with Crippen molar-refractivity contribution < 1.29 is 9.53 Å². The summed E-state index contributed by atoms with van der Waals surface area (Å²) in [4.78, 5) is 26.4. The van der Waals surface area contributed by atoms with Gasteiger partial charge in [0.15, 0.2) is 0 Å².